The molecule has 0 spiro atoms. The zero-order valence-electron chi connectivity index (χ0n) is 11.5. The third-order valence-corrected chi connectivity index (χ3v) is 3.50. The van der Waals surface area contributed by atoms with Crippen LogP contribution in [0.4, 0.5) is 5.82 Å². The van der Waals surface area contributed by atoms with E-state index in [0.717, 1.165) is 12.8 Å². The third-order valence-electron chi connectivity index (χ3n) is 3.50. The lowest BCUT2D eigenvalue weighted by Gasteiger charge is -2.24. The molecule has 19 heavy (non-hydrogen) atoms. The highest BCUT2D eigenvalue weighted by Crippen LogP contribution is 2.33. The van der Waals surface area contributed by atoms with Crippen molar-refractivity contribution in [1.82, 2.24) is 9.55 Å². The van der Waals surface area contributed by atoms with E-state index in [0.29, 0.717) is 24.9 Å². The maximum Gasteiger partial charge on any atom is 0.293 e. The topological polar surface area (TPSA) is 88.0 Å². The predicted molar refractivity (Wildman–Crippen MR) is 75.7 cm³/mol. The minimum Gasteiger partial charge on any atom is -0.387 e. The van der Waals surface area contributed by atoms with Crippen LogP contribution in [0.2, 0.25) is 0 Å². The van der Waals surface area contributed by atoms with Gasteiger partial charge in [-0.05, 0) is 19.8 Å². The van der Waals surface area contributed by atoms with E-state index in [1.54, 1.807) is 17.0 Å². The van der Waals surface area contributed by atoms with Crippen molar-refractivity contribution in [3.63, 3.8) is 0 Å². The smallest absolute Gasteiger partial charge is 0.293 e. The van der Waals surface area contributed by atoms with E-state index in [2.05, 4.69) is 4.98 Å². The van der Waals surface area contributed by atoms with Gasteiger partial charge in [0.15, 0.2) is 5.82 Å². The molecule has 0 bridgehead atoms. The Morgan fingerprint density at radius 3 is 2.89 bits per heavy atom. The lowest BCUT2D eigenvalue weighted by atomic mass is 10.1. The van der Waals surface area contributed by atoms with Crippen LogP contribution < -0.4 is 16.2 Å². The lowest BCUT2D eigenvalue weighted by molar-refractivity contribution is 0.657. The number of hydrogen-bond acceptors (Lipinski definition) is 4. The highest BCUT2D eigenvalue weighted by molar-refractivity contribution is 5.79. The molecule has 3 N–H and O–H groups in total. The van der Waals surface area contributed by atoms with Crippen molar-refractivity contribution in [3.05, 3.63) is 22.7 Å². The van der Waals surface area contributed by atoms with Crippen molar-refractivity contribution in [3.8, 4) is 0 Å². The van der Waals surface area contributed by atoms with E-state index >= 15 is 0 Å². The molecule has 1 aliphatic carbocycles. The molecule has 104 valence electrons. The van der Waals surface area contributed by atoms with Crippen molar-refractivity contribution in [2.24, 2.45) is 11.7 Å². The fraction of sp³-hybridized carbons (Fsp3) is 0.615. The summed E-state index contributed by atoms with van der Waals surface area (Å²) in [6.07, 6.45) is 5.57. The fourth-order valence-electron chi connectivity index (χ4n) is 2.07. The van der Waals surface area contributed by atoms with Crippen LogP contribution in [0.15, 0.2) is 17.2 Å². The van der Waals surface area contributed by atoms with Crippen LogP contribution in [0, 0.1) is 11.3 Å². The van der Waals surface area contributed by atoms with Gasteiger partial charge in [0.05, 0.1) is 5.84 Å². The number of rotatable bonds is 6. The minimum absolute atomic E-state index is 0.0393. The summed E-state index contributed by atoms with van der Waals surface area (Å²) in [5, 5.41) is 7.45. The van der Waals surface area contributed by atoms with Crippen molar-refractivity contribution in [1.29, 1.82) is 5.41 Å². The van der Waals surface area contributed by atoms with Gasteiger partial charge in [0.25, 0.3) is 5.56 Å². The number of amidine groups is 1. The second-order valence-corrected chi connectivity index (χ2v) is 5.09. The SMILES string of the molecule is CCN(CC(C)C(=N)N)c1nccn(C2CC2)c1=O. The summed E-state index contributed by atoms with van der Waals surface area (Å²) in [5.74, 6) is 0.512. The summed E-state index contributed by atoms with van der Waals surface area (Å²) in [5.41, 5.74) is 5.46. The van der Waals surface area contributed by atoms with E-state index in [1.807, 2.05) is 18.7 Å². The molecule has 1 aromatic heterocycles. The molecule has 0 saturated heterocycles. The van der Waals surface area contributed by atoms with Crippen LogP contribution in [-0.4, -0.2) is 28.5 Å². The first-order chi connectivity index (χ1) is 9.04. The van der Waals surface area contributed by atoms with E-state index in [4.69, 9.17) is 11.1 Å². The fourth-order valence-corrected chi connectivity index (χ4v) is 2.07. The summed E-state index contributed by atoms with van der Waals surface area (Å²) in [6, 6.07) is 0.346. The molecule has 1 fully saturated rings. The molecule has 1 heterocycles. The molecule has 2 rings (SSSR count). The highest BCUT2D eigenvalue weighted by atomic mass is 16.1. The summed E-state index contributed by atoms with van der Waals surface area (Å²) in [4.78, 5) is 18.5. The summed E-state index contributed by atoms with van der Waals surface area (Å²) < 4.78 is 1.77. The van der Waals surface area contributed by atoms with Crippen molar-refractivity contribution in [2.45, 2.75) is 32.7 Å². The first-order valence-corrected chi connectivity index (χ1v) is 6.70. The van der Waals surface area contributed by atoms with E-state index in [-0.39, 0.29) is 17.3 Å². The first kappa shape index (κ1) is 13.6. The van der Waals surface area contributed by atoms with E-state index in [9.17, 15) is 4.79 Å². The second kappa shape index (κ2) is 5.42. The number of nitrogens with zero attached hydrogens (tertiary/aromatic N) is 3. The van der Waals surface area contributed by atoms with Gasteiger partial charge in [0.2, 0.25) is 0 Å². The average molecular weight is 263 g/mol. The molecule has 6 nitrogen and oxygen atoms in total. The van der Waals surface area contributed by atoms with Crippen molar-refractivity contribution in [2.75, 3.05) is 18.0 Å². The third kappa shape index (κ3) is 2.94. The predicted octanol–water partition coefficient (Wildman–Crippen LogP) is 0.977. The Labute approximate surface area is 112 Å². The van der Waals surface area contributed by atoms with E-state index < -0.39 is 0 Å². The van der Waals surface area contributed by atoms with Gasteiger partial charge in [0.1, 0.15) is 0 Å². The number of nitrogens with two attached hydrogens (primary N) is 1. The zero-order valence-corrected chi connectivity index (χ0v) is 11.5. The molecule has 1 unspecified atom stereocenters. The molecule has 0 amide bonds. The maximum absolute atomic E-state index is 12.4. The normalized spacial score (nSPS) is 16.1. The average Bonchev–Trinajstić information content (AvgIpc) is 3.20. The molecular formula is C13H21N5O. The molecule has 0 radical (unpaired) electrons. The van der Waals surface area contributed by atoms with Gasteiger partial charge in [-0.15, -0.1) is 0 Å². The molecule has 1 aromatic rings. The van der Waals surface area contributed by atoms with Crippen LogP contribution >= 0.6 is 0 Å². The Bertz CT molecular complexity index is 520. The van der Waals surface area contributed by atoms with Crippen LogP contribution in [0.3, 0.4) is 0 Å². The second-order valence-electron chi connectivity index (χ2n) is 5.09. The minimum atomic E-state index is -0.0873. The standard InChI is InChI=1S/C13H21N5O/c1-3-17(8-9(2)11(14)15)12-13(19)18(7-6-16-12)10-4-5-10/h6-7,9-10H,3-5,8H2,1-2H3,(H3,14,15). The van der Waals surface area contributed by atoms with Gasteiger partial charge in [-0.2, -0.15) is 0 Å². The summed E-state index contributed by atoms with van der Waals surface area (Å²) >= 11 is 0. The number of aromatic nitrogens is 2. The quantitative estimate of drug-likeness (QED) is 0.591. The van der Waals surface area contributed by atoms with Crippen molar-refractivity contribution >= 4 is 11.7 Å². The monoisotopic (exact) mass is 263 g/mol. The number of hydrogen-bond donors (Lipinski definition) is 2. The van der Waals surface area contributed by atoms with Crippen LogP contribution in [0.5, 0.6) is 0 Å². The Morgan fingerprint density at radius 2 is 2.37 bits per heavy atom. The molecule has 1 saturated carbocycles. The van der Waals surface area contributed by atoms with Crippen molar-refractivity contribution < 1.29 is 0 Å². The van der Waals surface area contributed by atoms with Gasteiger partial charge in [-0.25, -0.2) is 4.98 Å². The van der Waals surface area contributed by atoms with Gasteiger partial charge < -0.3 is 15.2 Å². The van der Waals surface area contributed by atoms with Gasteiger partial charge in [0, 0.05) is 37.4 Å². The maximum atomic E-state index is 12.4. The summed E-state index contributed by atoms with van der Waals surface area (Å²) in [6.45, 7) is 5.08. The van der Waals surface area contributed by atoms with Gasteiger partial charge >= 0.3 is 0 Å². The molecule has 0 aromatic carbocycles. The molecule has 6 heteroatoms. The number of nitrogens with one attached hydrogen (secondary N) is 1. The van der Waals surface area contributed by atoms with Crippen LogP contribution in [0.25, 0.3) is 0 Å². The summed E-state index contributed by atoms with van der Waals surface area (Å²) in [7, 11) is 0. The molecular weight excluding hydrogens is 242 g/mol. The first-order valence-electron chi connectivity index (χ1n) is 6.70. The zero-order chi connectivity index (χ0) is 14.0. The molecule has 1 atom stereocenters. The molecule has 1 aliphatic rings. The van der Waals surface area contributed by atoms with Crippen LogP contribution in [0.1, 0.15) is 32.7 Å². The lowest BCUT2D eigenvalue weighted by Crippen LogP contribution is -2.39. The molecule has 0 aliphatic heterocycles. The van der Waals surface area contributed by atoms with E-state index in [1.165, 1.54) is 0 Å². The van der Waals surface area contributed by atoms with Gasteiger partial charge in [-0.3, -0.25) is 10.2 Å². The Hall–Kier alpha value is -1.85. The largest absolute Gasteiger partial charge is 0.387 e. The number of anilines is 1. The Morgan fingerprint density at radius 1 is 1.68 bits per heavy atom. The Balaban J connectivity index is 2.25. The van der Waals surface area contributed by atoms with Crippen LogP contribution in [-0.2, 0) is 0 Å². The highest BCUT2D eigenvalue weighted by Gasteiger charge is 2.26. The Kier molecular flexibility index (Phi) is 3.87. The van der Waals surface area contributed by atoms with Gasteiger partial charge in [-0.1, -0.05) is 6.92 Å².